The van der Waals surface area contributed by atoms with E-state index in [2.05, 4.69) is 15.3 Å². The summed E-state index contributed by atoms with van der Waals surface area (Å²) < 4.78 is 43.0. The molecule has 5 nitrogen and oxygen atoms in total. The Bertz CT molecular complexity index is 590. The fourth-order valence-corrected chi connectivity index (χ4v) is 1.55. The number of nitrogens with zero attached hydrogens (tertiary/aromatic N) is 2. The minimum absolute atomic E-state index is 0.00601. The minimum atomic E-state index is -4.63. The second-order valence-electron chi connectivity index (χ2n) is 4.09. The van der Waals surface area contributed by atoms with Crippen LogP contribution in [0.3, 0.4) is 0 Å². The topological polar surface area (TPSA) is 73.1 Å². The molecule has 0 amide bonds. The van der Waals surface area contributed by atoms with Crippen LogP contribution in [0.25, 0.3) is 0 Å². The van der Waals surface area contributed by atoms with Gasteiger partial charge in [0.1, 0.15) is 24.0 Å². The van der Waals surface area contributed by atoms with Gasteiger partial charge in [0.05, 0.1) is 6.54 Å². The third kappa shape index (κ3) is 4.51. The van der Waals surface area contributed by atoms with Gasteiger partial charge in [-0.3, -0.25) is 0 Å². The average Bonchev–Trinajstić information content (AvgIpc) is 2.43. The molecular formula is C13H13F3N4O. The van der Waals surface area contributed by atoms with E-state index in [0.29, 0.717) is 5.75 Å². The molecule has 0 bridgehead atoms. The molecule has 0 atom stereocenters. The van der Waals surface area contributed by atoms with E-state index in [1.807, 2.05) is 18.2 Å². The second-order valence-corrected chi connectivity index (χ2v) is 4.09. The number of rotatable bonds is 5. The van der Waals surface area contributed by atoms with Crippen LogP contribution in [0.2, 0.25) is 0 Å². The van der Waals surface area contributed by atoms with Crippen molar-refractivity contribution in [1.29, 1.82) is 0 Å². The zero-order valence-corrected chi connectivity index (χ0v) is 10.9. The SMILES string of the molecule is Nc1cc(NCCOc2ccccc2)nc(C(F)(F)F)n1. The number of nitrogen functional groups attached to an aromatic ring is 1. The first-order chi connectivity index (χ1) is 9.95. The molecular weight excluding hydrogens is 285 g/mol. The van der Waals surface area contributed by atoms with E-state index in [0.717, 1.165) is 0 Å². The smallest absolute Gasteiger partial charge is 0.451 e. The number of alkyl halides is 3. The monoisotopic (exact) mass is 298 g/mol. The predicted molar refractivity (Wildman–Crippen MR) is 71.9 cm³/mol. The van der Waals surface area contributed by atoms with Crippen molar-refractivity contribution in [3.63, 3.8) is 0 Å². The lowest BCUT2D eigenvalue weighted by molar-refractivity contribution is -0.144. The molecule has 0 aliphatic rings. The number of anilines is 2. The van der Waals surface area contributed by atoms with E-state index in [1.165, 1.54) is 6.07 Å². The Morgan fingerprint density at radius 2 is 1.86 bits per heavy atom. The number of benzene rings is 1. The maximum atomic E-state index is 12.5. The van der Waals surface area contributed by atoms with E-state index in [9.17, 15) is 13.2 Å². The van der Waals surface area contributed by atoms with Crippen LogP contribution >= 0.6 is 0 Å². The third-order valence-corrected chi connectivity index (χ3v) is 2.42. The Kier molecular flexibility index (Phi) is 4.46. The number of nitrogens with two attached hydrogens (primary N) is 1. The molecule has 3 N–H and O–H groups in total. The van der Waals surface area contributed by atoms with E-state index in [4.69, 9.17) is 10.5 Å². The Labute approximate surface area is 119 Å². The fraction of sp³-hybridized carbons (Fsp3) is 0.231. The number of hydrogen-bond donors (Lipinski definition) is 2. The largest absolute Gasteiger partial charge is 0.492 e. The highest BCUT2D eigenvalue weighted by molar-refractivity contribution is 5.44. The summed E-state index contributed by atoms with van der Waals surface area (Å²) in [6.07, 6.45) is -4.63. The van der Waals surface area contributed by atoms with Gasteiger partial charge in [0.15, 0.2) is 0 Å². The molecule has 2 rings (SSSR count). The summed E-state index contributed by atoms with van der Waals surface area (Å²) in [4.78, 5) is 6.52. The Hall–Kier alpha value is -2.51. The average molecular weight is 298 g/mol. The van der Waals surface area contributed by atoms with Crippen LogP contribution in [0.1, 0.15) is 5.82 Å². The maximum absolute atomic E-state index is 12.5. The first-order valence-electron chi connectivity index (χ1n) is 6.08. The molecule has 0 unspecified atom stereocenters. The molecule has 0 fully saturated rings. The van der Waals surface area contributed by atoms with Crippen molar-refractivity contribution in [3.8, 4) is 5.75 Å². The van der Waals surface area contributed by atoms with Gasteiger partial charge in [-0.2, -0.15) is 13.2 Å². The standard InChI is InChI=1S/C13H13F3N4O/c14-13(15,16)12-19-10(17)8-11(20-12)18-6-7-21-9-4-2-1-3-5-9/h1-5,8H,6-7H2,(H3,17,18,19,20). The molecule has 0 saturated heterocycles. The molecule has 21 heavy (non-hydrogen) atoms. The van der Waals surface area contributed by atoms with Crippen LogP contribution in [-0.4, -0.2) is 23.1 Å². The summed E-state index contributed by atoms with van der Waals surface area (Å²) in [5.41, 5.74) is 5.33. The van der Waals surface area contributed by atoms with Gasteiger partial charge < -0.3 is 15.8 Å². The van der Waals surface area contributed by atoms with Gasteiger partial charge in [0.25, 0.3) is 0 Å². The summed E-state index contributed by atoms with van der Waals surface area (Å²) >= 11 is 0. The number of aromatic nitrogens is 2. The second kappa shape index (κ2) is 6.29. The zero-order valence-electron chi connectivity index (χ0n) is 10.9. The molecule has 1 aromatic carbocycles. The van der Waals surface area contributed by atoms with Crippen molar-refractivity contribution in [2.75, 3.05) is 24.2 Å². The van der Waals surface area contributed by atoms with Crippen LogP contribution in [-0.2, 0) is 6.18 Å². The highest BCUT2D eigenvalue weighted by Gasteiger charge is 2.35. The lowest BCUT2D eigenvalue weighted by atomic mass is 10.3. The summed E-state index contributed by atoms with van der Waals surface area (Å²) in [6.45, 7) is 0.553. The molecule has 1 heterocycles. The van der Waals surface area contributed by atoms with Crippen molar-refractivity contribution in [2.24, 2.45) is 0 Å². The van der Waals surface area contributed by atoms with E-state index >= 15 is 0 Å². The van der Waals surface area contributed by atoms with Crippen LogP contribution in [0.5, 0.6) is 5.75 Å². The molecule has 0 saturated carbocycles. The number of hydrogen-bond acceptors (Lipinski definition) is 5. The van der Waals surface area contributed by atoms with Crippen molar-refractivity contribution >= 4 is 11.6 Å². The predicted octanol–water partition coefficient (Wildman–Crippen LogP) is 2.57. The first kappa shape index (κ1) is 14.9. The Morgan fingerprint density at radius 1 is 1.14 bits per heavy atom. The van der Waals surface area contributed by atoms with Gasteiger partial charge in [-0.05, 0) is 12.1 Å². The molecule has 0 radical (unpaired) electrons. The minimum Gasteiger partial charge on any atom is -0.492 e. The van der Waals surface area contributed by atoms with Crippen LogP contribution in [0.15, 0.2) is 36.4 Å². The van der Waals surface area contributed by atoms with Crippen molar-refractivity contribution in [2.45, 2.75) is 6.18 Å². The quantitative estimate of drug-likeness (QED) is 0.830. The number of nitrogens with one attached hydrogen (secondary N) is 1. The van der Waals surface area contributed by atoms with Gasteiger partial charge in [-0.25, -0.2) is 9.97 Å². The summed E-state index contributed by atoms with van der Waals surface area (Å²) in [5.74, 6) is -0.832. The van der Waals surface area contributed by atoms with Gasteiger partial charge in [-0.1, -0.05) is 18.2 Å². The van der Waals surface area contributed by atoms with Gasteiger partial charge >= 0.3 is 6.18 Å². The Balaban J connectivity index is 1.90. The maximum Gasteiger partial charge on any atom is 0.451 e. The number of halogens is 3. The molecule has 0 aliphatic heterocycles. The van der Waals surface area contributed by atoms with E-state index in [1.54, 1.807) is 12.1 Å². The Morgan fingerprint density at radius 3 is 2.52 bits per heavy atom. The van der Waals surface area contributed by atoms with Crippen LogP contribution in [0, 0.1) is 0 Å². The van der Waals surface area contributed by atoms with Crippen molar-refractivity contribution in [3.05, 3.63) is 42.2 Å². The van der Waals surface area contributed by atoms with E-state index < -0.39 is 12.0 Å². The molecule has 0 aliphatic carbocycles. The molecule has 2 aromatic rings. The lowest BCUT2D eigenvalue weighted by Gasteiger charge is -2.10. The number of para-hydroxylation sites is 1. The van der Waals surface area contributed by atoms with Crippen LogP contribution < -0.4 is 15.8 Å². The molecule has 1 aromatic heterocycles. The molecule has 0 spiro atoms. The fourth-order valence-electron chi connectivity index (χ4n) is 1.55. The molecule has 112 valence electrons. The third-order valence-electron chi connectivity index (χ3n) is 2.42. The number of ether oxygens (including phenoxy) is 1. The van der Waals surface area contributed by atoms with Crippen molar-refractivity contribution in [1.82, 2.24) is 9.97 Å². The normalized spacial score (nSPS) is 11.2. The summed E-state index contributed by atoms with van der Waals surface area (Å²) in [7, 11) is 0. The highest BCUT2D eigenvalue weighted by atomic mass is 19.4. The molecule has 8 heteroatoms. The summed E-state index contributed by atoms with van der Waals surface area (Å²) in [5, 5.41) is 2.71. The zero-order chi connectivity index (χ0) is 15.3. The lowest BCUT2D eigenvalue weighted by Crippen LogP contribution is -2.17. The van der Waals surface area contributed by atoms with Gasteiger partial charge in [0.2, 0.25) is 5.82 Å². The van der Waals surface area contributed by atoms with Gasteiger partial charge in [0, 0.05) is 6.07 Å². The summed E-state index contributed by atoms with van der Waals surface area (Å²) in [6, 6.07) is 10.3. The van der Waals surface area contributed by atoms with Crippen molar-refractivity contribution < 1.29 is 17.9 Å². The van der Waals surface area contributed by atoms with Crippen LogP contribution in [0.4, 0.5) is 24.8 Å². The first-order valence-corrected chi connectivity index (χ1v) is 6.08. The van der Waals surface area contributed by atoms with Gasteiger partial charge in [-0.15, -0.1) is 0 Å². The van der Waals surface area contributed by atoms with E-state index in [-0.39, 0.29) is 24.8 Å². The highest BCUT2D eigenvalue weighted by Crippen LogP contribution is 2.27.